The van der Waals surface area contributed by atoms with Crippen LogP contribution < -0.4 is 0 Å². The van der Waals surface area contributed by atoms with Gasteiger partial charge in [-0.25, -0.2) is 0 Å². The van der Waals surface area contributed by atoms with Crippen molar-refractivity contribution in [3.05, 3.63) is 24.7 Å². The highest BCUT2D eigenvalue weighted by atomic mass is 28.4. The molecule has 0 bridgehead atoms. The predicted molar refractivity (Wildman–Crippen MR) is 82.6 cm³/mol. The van der Waals surface area contributed by atoms with Crippen LogP contribution in [0.4, 0.5) is 0 Å². The number of ether oxygens (including phenoxy) is 1. The lowest BCUT2D eigenvalue weighted by atomic mass is 10.3. The summed E-state index contributed by atoms with van der Waals surface area (Å²) in [6, 6.07) is 0. The molecule has 1 unspecified atom stereocenters. The molecule has 0 aromatic heterocycles. The molecule has 0 rings (SSSR count). The van der Waals surface area contributed by atoms with Crippen LogP contribution >= 0.6 is 0 Å². The normalized spacial score (nSPS) is 15.2. The molecule has 0 aromatic rings. The molecular weight excluding hydrogens is 260 g/mol. The Morgan fingerprint density at radius 1 is 1.11 bits per heavy atom. The minimum Gasteiger partial charge on any atom is -0.520 e. The third-order valence-corrected chi connectivity index (χ3v) is 3.51. The zero-order valence-corrected chi connectivity index (χ0v) is 14.9. The van der Waals surface area contributed by atoms with Crippen LogP contribution in [0, 0.1) is 0 Å². The number of rotatable bonds is 8. The Bertz CT molecular complexity index is 288. The van der Waals surface area contributed by atoms with E-state index in [4.69, 9.17) is 13.6 Å². The fourth-order valence-corrected chi connectivity index (χ4v) is 2.96. The highest BCUT2D eigenvalue weighted by molar-refractivity contribution is 6.70. The maximum Gasteiger partial charge on any atom is 0.263 e. The molecule has 0 amide bonds. The highest BCUT2D eigenvalue weighted by Gasteiger charge is 2.22. The van der Waals surface area contributed by atoms with E-state index in [2.05, 4.69) is 45.9 Å². The van der Waals surface area contributed by atoms with Gasteiger partial charge in [-0.15, -0.1) is 6.58 Å². The van der Waals surface area contributed by atoms with Crippen molar-refractivity contribution < 1.29 is 13.6 Å². The Kier molecular flexibility index (Phi) is 6.95. The Hall–Kier alpha value is -0.526. The summed E-state index contributed by atoms with van der Waals surface area (Å²) in [7, 11) is -3.27. The van der Waals surface area contributed by atoms with Crippen molar-refractivity contribution in [1.29, 1.82) is 0 Å². The molecule has 0 radical (unpaired) electrons. The van der Waals surface area contributed by atoms with Crippen molar-refractivity contribution in [3.63, 3.8) is 0 Å². The average molecular weight is 289 g/mol. The Labute approximate surface area is 114 Å². The summed E-state index contributed by atoms with van der Waals surface area (Å²) in [5.74, 6) is 0.569. The third kappa shape index (κ3) is 9.50. The van der Waals surface area contributed by atoms with E-state index in [1.165, 1.54) is 0 Å². The molecular formula is C13H28O3Si2. The van der Waals surface area contributed by atoms with Gasteiger partial charge in [-0.2, -0.15) is 0 Å². The average Bonchev–Trinajstić information content (AvgIpc) is 2.12. The van der Waals surface area contributed by atoms with E-state index in [9.17, 15) is 0 Å². The SMILES string of the molecule is C=CC(/C=C(\OCC)O[Si](C)(C)C)O[Si](C)(C)C. The van der Waals surface area contributed by atoms with Gasteiger partial charge in [0.25, 0.3) is 5.95 Å². The second kappa shape index (κ2) is 7.16. The van der Waals surface area contributed by atoms with Crippen LogP contribution in [0.5, 0.6) is 0 Å². The fraction of sp³-hybridized carbons (Fsp3) is 0.692. The molecule has 0 fully saturated rings. The number of hydrogen-bond acceptors (Lipinski definition) is 3. The van der Waals surface area contributed by atoms with Crippen LogP contribution in [0.1, 0.15) is 6.92 Å². The molecule has 3 nitrogen and oxygen atoms in total. The highest BCUT2D eigenvalue weighted by Crippen LogP contribution is 2.16. The molecule has 106 valence electrons. The van der Waals surface area contributed by atoms with Crippen molar-refractivity contribution in [2.45, 2.75) is 52.3 Å². The second-order valence-electron chi connectivity index (χ2n) is 6.06. The Balaban J connectivity index is 4.83. The molecule has 0 saturated heterocycles. The van der Waals surface area contributed by atoms with E-state index in [1.807, 2.05) is 13.0 Å². The summed E-state index contributed by atoms with van der Waals surface area (Å²) in [5, 5.41) is 0. The lowest BCUT2D eigenvalue weighted by Gasteiger charge is -2.25. The summed E-state index contributed by atoms with van der Waals surface area (Å²) >= 11 is 0. The Morgan fingerprint density at radius 3 is 2.00 bits per heavy atom. The van der Waals surface area contributed by atoms with Crippen LogP contribution in [0.25, 0.3) is 0 Å². The molecule has 0 spiro atoms. The van der Waals surface area contributed by atoms with Crippen LogP contribution in [0.15, 0.2) is 24.7 Å². The molecule has 0 aliphatic rings. The van der Waals surface area contributed by atoms with E-state index < -0.39 is 16.6 Å². The van der Waals surface area contributed by atoms with Gasteiger partial charge in [-0.1, -0.05) is 6.08 Å². The first-order valence-corrected chi connectivity index (χ1v) is 13.2. The first-order valence-electron chi connectivity index (χ1n) is 6.41. The first-order chi connectivity index (χ1) is 8.07. The van der Waals surface area contributed by atoms with E-state index in [1.54, 1.807) is 6.08 Å². The van der Waals surface area contributed by atoms with Gasteiger partial charge in [0.2, 0.25) is 8.32 Å². The van der Waals surface area contributed by atoms with Crippen molar-refractivity contribution >= 4 is 16.6 Å². The van der Waals surface area contributed by atoms with Gasteiger partial charge in [0.1, 0.15) is 0 Å². The lowest BCUT2D eigenvalue weighted by molar-refractivity contribution is 0.106. The molecule has 0 N–H and O–H groups in total. The molecule has 18 heavy (non-hydrogen) atoms. The minimum atomic E-state index is -1.67. The van der Waals surface area contributed by atoms with E-state index in [0.29, 0.717) is 12.6 Å². The standard InChI is InChI=1S/C13H28O3Si2/c1-9-12(15-17(3,4)5)11-13(14-10-2)16-18(6,7)8/h9,11-12H,1,10H2,2-8H3/b13-11+. The summed E-state index contributed by atoms with van der Waals surface area (Å²) in [6.45, 7) is 19.2. The molecule has 1 atom stereocenters. The van der Waals surface area contributed by atoms with E-state index in [0.717, 1.165) is 0 Å². The van der Waals surface area contributed by atoms with Gasteiger partial charge in [0, 0.05) is 6.08 Å². The molecule has 0 aromatic carbocycles. The monoisotopic (exact) mass is 288 g/mol. The molecule has 0 saturated carbocycles. The fourth-order valence-electron chi connectivity index (χ4n) is 1.25. The van der Waals surface area contributed by atoms with Crippen molar-refractivity contribution in [1.82, 2.24) is 0 Å². The smallest absolute Gasteiger partial charge is 0.263 e. The van der Waals surface area contributed by atoms with Gasteiger partial charge < -0.3 is 13.6 Å². The van der Waals surface area contributed by atoms with Gasteiger partial charge >= 0.3 is 0 Å². The van der Waals surface area contributed by atoms with Crippen LogP contribution in [0.2, 0.25) is 39.3 Å². The van der Waals surface area contributed by atoms with E-state index in [-0.39, 0.29) is 6.10 Å². The van der Waals surface area contributed by atoms with Crippen molar-refractivity contribution in [2.24, 2.45) is 0 Å². The summed E-state index contributed by atoms with van der Waals surface area (Å²) in [5.41, 5.74) is 0. The quantitative estimate of drug-likeness (QED) is 0.382. The van der Waals surface area contributed by atoms with Crippen LogP contribution in [0.3, 0.4) is 0 Å². The zero-order chi connectivity index (χ0) is 14.4. The minimum absolute atomic E-state index is 0.144. The summed E-state index contributed by atoms with van der Waals surface area (Å²) in [6.07, 6.45) is 3.52. The second-order valence-corrected chi connectivity index (χ2v) is 15.0. The predicted octanol–water partition coefficient (Wildman–Crippen LogP) is 4.12. The van der Waals surface area contributed by atoms with Crippen LogP contribution in [-0.4, -0.2) is 29.3 Å². The maximum absolute atomic E-state index is 5.98. The van der Waals surface area contributed by atoms with Gasteiger partial charge in [-0.05, 0) is 46.2 Å². The molecule has 0 heterocycles. The Morgan fingerprint density at radius 2 is 1.67 bits per heavy atom. The maximum atomic E-state index is 5.98. The van der Waals surface area contributed by atoms with E-state index >= 15 is 0 Å². The topological polar surface area (TPSA) is 27.7 Å². The lowest BCUT2D eigenvalue weighted by Crippen LogP contribution is -2.31. The number of hydrogen-bond donors (Lipinski definition) is 0. The third-order valence-electron chi connectivity index (χ3n) is 1.72. The van der Waals surface area contributed by atoms with Gasteiger partial charge in [-0.3, -0.25) is 0 Å². The van der Waals surface area contributed by atoms with Crippen LogP contribution in [-0.2, 0) is 13.6 Å². The molecule has 5 heteroatoms. The van der Waals surface area contributed by atoms with Crippen molar-refractivity contribution in [3.8, 4) is 0 Å². The van der Waals surface area contributed by atoms with Gasteiger partial charge in [0.15, 0.2) is 8.32 Å². The largest absolute Gasteiger partial charge is 0.520 e. The molecule has 0 aliphatic carbocycles. The summed E-state index contributed by atoms with van der Waals surface area (Å²) < 4.78 is 17.4. The first kappa shape index (κ1) is 17.5. The molecule has 0 aliphatic heterocycles. The summed E-state index contributed by atoms with van der Waals surface area (Å²) in [4.78, 5) is 0. The zero-order valence-electron chi connectivity index (χ0n) is 12.9. The van der Waals surface area contributed by atoms with Crippen molar-refractivity contribution in [2.75, 3.05) is 6.61 Å². The van der Waals surface area contributed by atoms with Gasteiger partial charge in [0.05, 0.1) is 12.7 Å².